The van der Waals surface area contributed by atoms with Gasteiger partial charge in [-0.05, 0) is 24.1 Å². The van der Waals surface area contributed by atoms with Crippen molar-refractivity contribution in [3.05, 3.63) is 23.3 Å². The first-order valence-electron chi connectivity index (χ1n) is 5.36. The van der Waals surface area contributed by atoms with E-state index in [4.69, 9.17) is 11.5 Å². The Morgan fingerprint density at radius 3 is 2.37 bits per heavy atom. The molecule has 19 heavy (non-hydrogen) atoms. The van der Waals surface area contributed by atoms with E-state index in [1.165, 1.54) is 6.07 Å². The Bertz CT molecular complexity index is 646. The van der Waals surface area contributed by atoms with Crippen LogP contribution >= 0.6 is 0 Å². The number of amides is 1. The minimum atomic E-state index is -3.66. The van der Waals surface area contributed by atoms with Gasteiger partial charge in [-0.15, -0.1) is 0 Å². The summed E-state index contributed by atoms with van der Waals surface area (Å²) in [5, 5.41) is 9.67. The number of aryl methyl sites for hydroxylation is 1. The number of rotatable bonds is 3. The van der Waals surface area contributed by atoms with Crippen molar-refractivity contribution >= 4 is 21.7 Å². The number of guanidine groups is 1. The third-order valence-corrected chi connectivity index (χ3v) is 3.55. The summed E-state index contributed by atoms with van der Waals surface area (Å²) in [7, 11) is -3.66. The van der Waals surface area contributed by atoms with Gasteiger partial charge in [0, 0.05) is 11.8 Å². The molecular formula is C11H15N3O4S. The van der Waals surface area contributed by atoms with Crippen molar-refractivity contribution in [2.75, 3.05) is 6.26 Å². The van der Waals surface area contributed by atoms with E-state index in [2.05, 4.69) is 4.99 Å². The fraction of sp³-hybridized carbons (Fsp3) is 0.273. The Morgan fingerprint density at radius 2 is 1.95 bits per heavy atom. The molecule has 1 rings (SSSR count). The molecule has 0 aliphatic rings. The lowest BCUT2D eigenvalue weighted by atomic mass is 10.0. The van der Waals surface area contributed by atoms with Crippen LogP contribution in [0.5, 0.6) is 5.75 Å². The fourth-order valence-electron chi connectivity index (χ4n) is 1.58. The number of hydrogen-bond donors (Lipinski definition) is 3. The molecule has 0 unspecified atom stereocenters. The number of sulfone groups is 1. The van der Waals surface area contributed by atoms with E-state index in [1.807, 2.05) is 0 Å². The highest BCUT2D eigenvalue weighted by atomic mass is 32.2. The van der Waals surface area contributed by atoms with Crippen LogP contribution in [0.15, 0.2) is 22.0 Å². The average molecular weight is 285 g/mol. The van der Waals surface area contributed by atoms with Gasteiger partial charge in [0.2, 0.25) is 0 Å². The Kier molecular flexibility index (Phi) is 4.15. The number of aromatic hydroxyl groups is 1. The van der Waals surface area contributed by atoms with Gasteiger partial charge in [0.25, 0.3) is 5.91 Å². The summed E-state index contributed by atoms with van der Waals surface area (Å²) in [6.45, 7) is 1.75. The molecule has 0 bridgehead atoms. The highest BCUT2D eigenvalue weighted by Gasteiger charge is 2.19. The van der Waals surface area contributed by atoms with E-state index in [9.17, 15) is 18.3 Å². The summed E-state index contributed by atoms with van der Waals surface area (Å²) in [4.78, 5) is 14.8. The van der Waals surface area contributed by atoms with E-state index in [-0.39, 0.29) is 10.5 Å². The molecule has 0 atom stereocenters. The van der Waals surface area contributed by atoms with Gasteiger partial charge in [-0.3, -0.25) is 4.79 Å². The predicted molar refractivity (Wildman–Crippen MR) is 70.7 cm³/mol. The first-order chi connectivity index (χ1) is 8.66. The standard InChI is InChI=1S/C11H15N3O4S/c1-3-6-4-8(15)9(19(2,17)18)5-7(6)10(16)14-11(12)13/h4-5,15H,3H2,1-2H3,(H4,12,13,14,16). The zero-order valence-electron chi connectivity index (χ0n) is 10.5. The maximum absolute atomic E-state index is 11.8. The minimum absolute atomic E-state index is 0.0501. The SMILES string of the molecule is CCc1cc(O)c(S(C)(=O)=O)cc1C(=O)N=C(N)N. The molecule has 1 aromatic carbocycles. The number of phenolic OH excluding ortho intramolecular Hbond substituents is 1. The van der Waals surface area contributed by atoms with Gasteiger partial charge in [0.05, 0.1) is 0 Å². The van der Waals surface area contributed by atoms with Gasteiger partial charge in [-0.2, -0.15) is 4.99 Å². The number of phenols is 1. The second-order valence-electron chi connectivity index (χ2n) is 3.94. The third-order valence-electron chi connectivity index (χ3n) is 2.43. The Labute approximate surface area is 110 Å². The van der Waals surface area contributed by atoms with Gasteiger partial charge < -0.3 is 16.6 Å². The van der Waals surface area contributed by atoms with Crippen LogP contribution in [0.25, 0.3) is 0 Å². The van der Waals surface area contributed by atoms with Crippen molar-refractivity contribution in [1.82, 2.24) is 0 Å². The maximum atomic E-state index is 11.8. The van der Waals surface area contributed by atoms with Crippen molar-refractivity contribution in [3.63, 3.8) is 0 Å². The van der Waals surface area contributed by atoms with E-state index < -0.39 is 27.5 Å². The molecule has 0 aliphatic carbocycles. The zero-order valence-corrected chi connectivity index (χ0v) is 11.4. The van der Waals surface area contributed by atoms with Gasteiger partial charge in [-0.1, -0.05) is 6.92 Å². The quantitative estimate of drug-likeness (QED) is 0.518. The lowest BCUT2D eigenvalue weighted by Gasteiger charge is -2.09. The van der Waals surface area contributed by atoms with Crippen molar-refractivity contribution in [2.45, 2.75) is 18.2 Å². The molecule has 0 saturated heterocycles. The smallest absolute Gasteiger partial charge is 0.280 e. The normalized spacial score (nSPS) is 11.1. The van der Waals surface area contributed by atoms with Crippen molar-refractivity contribution in [1.29, 1.82) is 0 Å². The first-order valence-corrected chi connectivity index (χ1v) is 7.25. The van der Waals surface area contributed by atoms with Crippen LogP contribution in [-0.2, 0) is 16.3 Å². The molecule has 8 heteroatoms. The Morgan fingerprint density at radius 1 is 1.37 bits per heavy atom. The number of aliphatic imine (C=N–C) groups is 1. The molecule has 0 aromatic heterocycles. The number of carbonyl (C=O) groups excluding carboxylic acids is 1. The van der Waals surface area contributed by atoms with Crippen LogP contribution in [0, 0.1) is 0 Å². The van der Waals surface area contributed by atoms with Crippen LogP contribution in [0.4, 0.5) is 0 Å². The van der Waals surface area contributed by atoms with Crippen molar-refractivity contribution in [3.8, 4) is 5.75 Å². The third kappa shape index (κ3) is 3.44. The molecule has 1 aromatic rings. The molecule has 0 spiro atoms. The van der Waals surface area contributed by atoms with Gasteiger partial charge in [0.1, 0.15) is 10.6 Å². The minimum Gasteiger partial charge on any atom is -0.507 e. The maximum Gasteiger partial charge on any atom is 0.280 e. The van der Waals surface area contributed by atoms with Gasteiger partial charge in [-0.25, -0.2) is 8.42 Å². The summed E-state index contributed by atoms with van der Waals surface area (Å²) in [6, 6.07) is 2.31. The summed E-state index contributed by atoms with van der Waals surface area (Å²) >= 11 is 0. The molecule has 0 heterocycles. The number of nitrogens with two attached hydrogens (primary N) is 2. The fourth-order valence-corrected chi connectivity index (χ4v) is 2.35. The van der Waals surface area contributed by atoms with E-state index in [0.717, 1.165) is 12.3 Å². The first kappa shape index (κ1) is 15.0. The molecule has 5 N–H and O–H groups in total. The molecule has 1 amide bonds. The topological polar surface area (TPSA) is 136 Å². The number of carbonyl (C=O) groups is 1. The predicted octanol–water partition coefficient (Wildman–Crippen LogP) is -0.228. The lowest BCUT2D eigenvalue weighted by molar-refractivity contribution is 0.100. The van der Waals surface area contributed by atoms with Crippen LogP contribution < -0.4 is 11.5 Å². The second-order valence-corrected chi connectivity index (χ2v) is 5.93. The molecule has 0 fully saturated rings. The van der Waals surface area contributed by atoms with Gasteiger partial charge >= 0.3 is 0 Å². The molecule has 104 valence electrons. The molecule has 7 nitrogen and oxygen atoms in total. The Hall–Kier alpha value is -2.09. The summed E-state index contributed by atoms with van der Waals surface area (Å²) in [6.07, 6.45) is 1.35. The summed E-state index contributed by atoms with van der Waals surface area (Å²) < 4.78 is 23.0. The molecule has 0 aliphatic heterocycles. The van der Waals surface area contributed by atoms with Crippen LogP contribution in [-0.4, -0.2) is 31.6 Å². The highest BCUT2D eigenvalue weighted by molar-refractivity contribution is 7.90. The van der Waals surface area contributed by atoms with E-state index >= 15 is 0 Å². The van der Waals surface area contributed by atoms with Gasteiger partial charge in [0.15, 0.2) is 15.8 Å². The van der Waals surface area contributed by atoms with Crippen LogP contribution in [0.2, 0.25) is 0 Å². The number of nitrogens with zero attached hydrogens (tertiary/aromatic N) is 1. The van der Waals surface area contributed by atoms with Crippen LogP contribution in [0.1, 0.15) is 22.8 Å². The average Bonchev–Trinajstić information content (AvgIpc) is 2.25. The molecular weight excluding hydrogens is 270 g/mol. The zero-order chi connectivity index (χ0) is 14.8. The van der Waals surface area contributed by atoms with Crippen molar-refractivity contribution < 1.29 is 18.3 Å². The molecule has 0 radical (unpaired) electrons. The summed E-state index contributed by atoms with van der Waals surface area (Å²) in [5.41, 5.74) is 10.7. The van der Waals surface area contributed by atoms with E-state index in [1.54, 1.807) is 6.92 Å². The van der Waals surface area contributed by atoms with Crippen molar-refractivity contribution in [2.24, 2.45) is 16.5 Å². The Balaban J connectivity index is 3.55. The molecule has 0 saturated carbocycles. The van der Waals surface area contributed by atoms with E-state index in [0.29, 0.717) is 12.0 Å². The lowest BCUT2D eigenvalue weighted by Crippen LogP contribution is -2.24. The largest absolute Gasteiger partial charge is 0.507 e. The number of hydrogen-bond acceptors (Lipinski definition) is 4. The summed E-state index contributed by atoms with van der Waals surface area (Å²) in [5.74, 6) is -1.57. The highest BCUT2D eigenvalue weighted by Crippen LogP contribution is 2.27. The second kappa shape index (κ2) is 5.27. The number of benzene rings is 1. The monoisotopic (exact) mass is 285 g/mol. The van der Waals surface area contributed by atoms with Crippen LogP contribution in [0.3, 0.4) is 0 Å².